The molecule has 3 aromatic carbocycles. The van der Waals surface area contributed by atoms with Gasteiger partial charge in [-0.2, -0.15) is 0 Å². The molecule has 0 spiro atoms. The van der Waals surface area contributed by atoms with Gasteiger partial charge in [-0.1, -0.05) is 19.1 Å². The topological polar surface area (TPSA) is 107 Å². The third-order valence-electron chi connectivity index (χ3n) is 6.45. The number of methoxy groups -OCH3 is 1. The van der Waals surface area contributed by atoms with Crippen molar-refractivity contribution in [2.24, 2.45) is 0 Å². The molecule has 0 saturated carbocycles. The van der Waals surface area contributed by atoms with Gasteiger partial charge in [0.1, 0.15) is 23.0 Å². The summed E-state index contributed by atoms with van der Waals surface area (Å²) in [6.07, 6.45) is 0.865. The highest BCUT2D eigenvalue weighted by molar-refractivity contribution is 6.03. The Balaban J connectivity index is 1.28. The maximum atomic E-state index is 12.9. The number of nitrogens with zero attached hydrogens (tertiary/aromatic N) is 1. The molecule has 9 nitrogen and oxygen atoms in total. The first kappa shape index (κ1) is 26.6. The molecule has 4 aromatic rings. The number of hydrogen-bond acceptors (Lipinski definition) is 7. The molecule has 1 aliphatic rings. The number of furan rings is 1. The van der Waals surface area contributed by atoms with Gasteiger partial charge in [-0.3, -0.25) is 19.3 Å². The van der Waals surface area contributed by atoms with E-state index in [1.54, 1.807) is 61.7 Å². The number of carbonyl (C=O) groups excluding carboxylic acids is 3. The number of ketones is 1. The van der Waals surface area contributed by atoms with Crippen LogP contribution in [0.3, 0.4) is 0 Å². The van der Waals surface area contributed by atoms with Gasteiger partial charge >= 0.3 is 0 Å². The van der Waals surface area contributed by atoms with Crippen molar-refractivity contribution in [2.75, 3.05) is 30.5 Å². The molecule has 5 rings (SSSR count). The van der Waals surface area contributed by atoms with Crippen LogP contribution in [0, 0.1) is 0 Å². The molecule has 0 radical (unpaired) electrons. The summed E-state index contributed by atoms with van der Waals surface area (Å²) in [5.41, 5.74) is 2.52. The largest absolute Gasteiger partial charge is 0.497 e. The first-order valence-electron chi connectivity index (χ1n) is 12.8. The number of rotatable bonds is 10. The van der Waals surface area contributed by atoms with Gasteiger partial charge in [0.2, 0.25) is 0 Å². The van der Waals surface area contributed by atoms with Gasteiger partial charge in [-0.25, -0.2) is 0 Å². The van der Waals surface area contributed by atoms with E-state index in [1.165, 1.54) is 4.90 Å². The highest BCUT2D eigenvalue weighted by Gasteiger charge is 2.28. The smallest absolute Gasteiger partial charge is 0.291 e. The lowest BCUT2D eigenvalue weighted by Gasteiger charge is -2.29. The Morgan fingerprint density at radius 3 is 2.58 bits per heavy atom. The molecule has 0 aliphatic carbocycles. The fraction of sp³-hybridized carbons (Fsp3) is 0.194. The van der Waals surface area contributed by atoms with E-state index in [1.807, 2.05) is 31.2 Å². The second-order valence-electron chi connectivity index (χ2n) is 9.11. The van der Waals surface area contributed by atoms with Crippen molar-refractivity contribution < 1.29 is 33.0 Å². The number of ether oxygens (including phenoxy) is 3. The predicted molar refractivity (Wildman–Crippen MR) is 148 cm³/mol. The third kappa shape index (κ3) is 5.99. The molecular weight excluding hydrogens is 512 g/mol. The van der Waals surface area contributed by atoms with Crippen LogP contribution in [0.1, 0.15) is 39.2 Å². The van der Waals surface area contributed by atoms with Crippen LogP contribution in [-0.4, -0.2) is 37.9 Å². The maximum absolute atomic E-state index is 12.9. The Morgan fingerprint density at radius 1 is 0.975 bits per heavy atom. The summed E-state index contributed by atoms with van der Waals surface area (Å²) < 4.78 is 22.2. The second kappa shape index (κ2) is 11.8. The van der Waals surface area contributed by atoms with Crippen LogP contribution >= 0.6 is 0 Å². The molecule has 2 heterocycles. The number of amides is 2. The van der Waals surface area contributed by atoms with E-state index in [-0.39, 0.29) is 37.2 Å². The Bertz CT molecular complexity index is 1540. The van der Waals surface area contributed by atoms with Crippen molar-refractivity contribution >= 4 is 29.0 Å². The van der Waals surface area contributed by atoms with E-state index in [0.29, 0.717) is 39.9 Å². The van der Waals surface area contributed by atoms with Crippen LogP contribution < -0.4 is 24.4 Å². The molecule has 0 saturated heterocycles. The fourth-order valence-corrected chi connectivity index (χ4v) is 4.24. The molecule has 40 heavy (non-hydrogen) atoms. The SMILES string of the molecule is CCc1cccc(OCC(=O)c2ccc3c(c2)N(Cc2ccc(C(=O)Nc4ccc(OC)cc4)o2)C(=O)CO3)c1. The van der Waals surface area contributed by atoms with Gasteiger partial charge < -0.3 is 23.9 Å². The molecule has 0 unspecified atom stereocenters. The predicted octanol–water partition coefficient (Wildman–Crippen LogP) is 5.29. The molecule has 2 amide bonds. The standard InChI is InChI=1S/C31H28N2O7/c1-3-20-5-4-6-24(15-20)38-18-27(34)21-7-13-28-26(16-21)33(30(35)19-39-28)17-25-12-14-29(40-25)31(36)32-22-8-10-23(37-2)11-9-22/h4-16H,3,17-19H2,1-2H3,(H,32,36). The normalized spacial score (nSPS) is 12.3. The van der Waals surface area contributed by atoms with E-state index < -0.39 is 5.91 Å². The summed E-state index contributed by atoms with van der Waals surface area (Å²) in [6.45, 7) is 1.81. The molecule has 204 valence electrons. The van der Waals surface area contributed by atoms with Crippen molar-refractivity contribution in [1.82, 2.24) is 0 Å². The lowest BCUT2D eigenvalue weighted by Crippen LogP contribution is -2.38. The Kier molecular flexibility index (Phi) is 7.82. The van der Waals surface area contributed by atoms with Gasteiger partial charge in [0.25, 0.3) is 11.8 Å². The van der Waals surface area contributed by atoms with Crippen molar-refractivity contribution in [1.29, 1.82) is 0 Å². The number of anilines is 2. The summed E-state index contributed by atoms with van der Waals surface area (Å²) >= 11 is 0. The van der Waals surface area contributed by atoms with E-state index >= 15 is 0 Å². The zero-order valence-electron chi connectivity index (χ0n) is 22.1. The highest BCUT2D eigenvalue weighted by Crippen LogP contribution is 2.34. The Hall–Kier alpha value is -5.05. The number of carbonyl (C=O) groups is 3. The van der Waals surface area contributed by atoms with Gasteiger partial charge in [0.05, 0.1) is 19.3 Å². The molecule has 0 bridgehead atoms. The van der Waals surface area contributed by atoms with Crippen LogP contribution in [0.25, 0.3) is 0 Å². The van der Waals surface area contributed by atoms with Gasteiger partial charge in [0.15, 0.2) is 24.8 Å². The summed E-state index contributed by atoms with van der Waals surface area (Å²) in [7, 11) is 1.57. The van der Waals surface area contributed by atoms with Crippen LogP contribution in [0.5, 0.6) is 17.2 Å². The lowest BCUT2D eigenvalue weighted by molar-refractivity contribution is -0.121. The number of aryl methyl sites for hydroxylation is 1. The highest BCUT2D eigenvalue weighted by atomic mass is 16.5. The number of Topliss-reactive ketones (excluding diaryl/α,β-unsaturated/α-hetero) is 1. The van der Waals surface area contributed by atoms with E-state index in [9.17, 15) is 14.4 Å². The fourth-order valence-electron chi connectivity index (χ4n) is 4.24. The second-order valence-corrected chi connectivity index (χ2v) is 9.11. The molecule has 1 aliphatic heterocycles. The first-order valence-corrected chi connectivity index (χ1v) is 12.8. The van der Waals surface area contributed by atoms with Crippen LogP contribution in [-0.2, 0) is 17.8 Å². The van der Waals surface area contributed by atoms with E-state index in [4.69, 9.17) is 18.6 Å². The van der Waals surface area contributed by atoms with Gasteiger partial charge in [-0.15, -0.1) is 0 Å². The van der Waals surface area contributed by atoms with Crippen LogP contribution in [0.2, 0.25) is 0 Å². The minimum atomic E-state index is -0.428. The molecule has 1 aromatic heterocycles. The molecule has 9 heteroatoms. The molecule has 0 atom stereocenters. The number of fused-ring (bicyclic) bond motifs is 1. The van der Waals surface area contributed by atoms with Crippen molar-refractivity contribution in [3.05, 3.63) is 102 Å². The lowest BCUT2D eigenvalue weighted by atomic mass is 10.1. The third-order valence-corrected chi connectivity index (χ3v) is 6.45. The average Bonchev–Trinajstić information content (AvgIpc) is 3.46. The quantitative estimate of drug-likeness (QED) is 0.272. The van der Waals surface area contributed by atoms with Crippen molar-refractivity contribution in [3.63, 3.8) is 0 Å². The summed E-state index contributed by atoms with van der Waals surface area (Å²) in [5, 5.41) is 2.76. The summed E-state index contributed by atoms with van der Waals surface area (Å²) in [4.78, 5) is 39.9. The number of benzene rings is 3. The van der Waals surface area contributed by atoms with Gasteiger partial charge in [-0.05, 0) is 78.7 Å². The zero-order valence-corrected chi connectivity index (χ0v) is 22.1. The minimum absolute atomic E-state index is 0.0585. The first-order chi connectivity index (χ1) is 19.4. The van der Waals surface area contributed by atoms with E-state index in [2.05, 4.69) is 5.32 Å². The molecular formula is C31H28N2O7. The van der Waals surface area contributed by atoms with Gasteiger partial charge in [0, 0.05) is 11.3 Å². The minimum Gasteiger partial charge on any atom is -0.497 e. The van der Waals surface area contributed by atoms with Crippen molar-refractivity contribution in [2.45, 2.75) is 19.9 Å². The zero-order chi connectivity index (χ0) is 28.1. The molecule has 0 fully saturated rings. The van der Waals surface area contributed by atoms with Crippen LogP contribution in [0.4, 0.5) is 11.4 Å². The Morgan fingerprint density at radius 2 is 1.80 bits per heavy atom. The average molecular weight is 541 g/mol. The summed E-state index contributed by atoms with van der Waals surface area (Å²) in [6, 6.07) is 22.6. The van der Waals surface area contributed by atoms with E-state index in [0.717, 1.165) is 12.0 Å². The summed E-state index contributed by atoms with van der Waals surface area (Å²) in [5.74, 6) is 1.29. The monoisotopic (exact) mass is 540 g/mol. The number of hydrogen-bond donors (Lipinski definition) is 1. The Labute approximate surface area is 231 Å². The molecule has 1 N–H and O–H groups in total. The van der Waals surface area contributed by atoms with Crippen LogP contribution in [0.15, 0.2) is 83.3 Å². The van der Waals surface area contributed by atoms with Crippen molar-refractivity contribution in [3.8, 4) is 17.2 Å². The number of nitrogens with one attached hydrogen (secondary N) is 1. The maximum Gasteiger partial charge on any atom is 0.291 e.